The average Bonchev–Trinajstić information content (AvgIpc) is 2.46. The van der Waals surface area contributed by atoms with E-state index in [1.807, 2.05) is 30.3 Å². The first kappa shape index (κ1) is 13.8. The molecule has 2 aromatic carbocycles. The number of amides is 1. The number of nitrogens with two attached hydrogens (primary N) is 1. The lowest BCUT2D eigenvalue weighted by atomic mass is 10.0. The minimum Gasteiger partial charge on any atom is -0.382 e. The largest absolute Gasteiger partial charge is 0.382 e. The number of hydrogen-bond acceptors (Lipinski definition) is 4. The molecule has 0 saturated heterocycles. The normalized spacial score (nSPS) is 10.2. The van der Waals surface area contributed by atoms with Crippen molar-refractivity contribution in [1.82, 2.24) is 0 Å². The molecule has 0 aromatic heterocycles. The van der Waals surface area contributed by atoms with Gasteiger partial charge in [-0.25, -0.2) is 0 Å². The van der Waals surface area contributed by atoms with Crippen LogP contribution in [0.2, 0.25) is 0 Å². The van der Waals surface area contributed by atoms with Gasteiger partial charge in [-0.1, -0.05) is 24.3 Å². The van der Waals surface area contributed by atoms with Crippen molar-refractivity contribution in [2.24, 2.45) is 5.73 Å². The van der Waals surface area contributed by atoms with E-state index in [0.29, 0.717) is 18.7 Å². The molecule has 5 heteroatoms. The number of carbonyl (C=O) groups is 1. The first-order valence-electron chi connectivity index (χ1n) is 6.24. The zero-order chi connectivity index (χ0) is 14.4. The summed E-state index contributed by atoms with van der Waals surface area (Å²) < 4.78 is 5.08. The molecule has 0 aliphatic carbocycles. The van der Waals surface area contributed by atoms with Crippen LogP contribution in [0, 0.1) is 11.3 Å². The van der Waals surface area contributed by atoms with Gasteiger partial charge in [0.25, 0.3) is 0 Å². The molecule has 0 unspecified atom stereocenters. The van der Waals surface area contributed by atoms with E-state index >= 15 is 0 Å². The molecule has 102 valence electrons. The van der Waals surface area contributed by atoms with Crippen LogP contribution < -0.4 is 11.1 Å². The van der Waals surface area contributed by atoms with E-state index in [2.05, 4.69) is 11.4 Å². The molecule has 0 radical (unpaired) electrons. The number of primary amides is 1. The number of hydrogen-bond donors (Lipinski definition) is 2. The molecule has 0 aliphatic rings. The Morgan fingerprint density at radius 3 is 2.70 bits per heavy atom. The summed E-state index contributed by atoms with van der Waals surface area (Å²) in [6.45, 7) is 0.871. The van der Waals surface area contributed by atoms with Crippen molar-refractivity contribution >= 4 is 22.4 Å². The summed E-state index contributed by atoms with van der Waals surface area (Å²) in [5, 5.41) is 14.2. The van der Waals surface area contributed by atoms with Crippen molar-refractivity contribution in [3.63, 3.8) is 0 Å². The molecule has 0 aliphatic heterocycles. The van der Waals surface area contributed by atoms with Gasteiger partial charge in [0.1, 0.15) is 6.61 Å². The number of rotatable bonds is 6. The van der Waals surface area contributed by atoms with Gasteiger partial charge in [-0.3, -0.25) is 4.79 Å². The molecule has 2 aromatic rings. The van der Waals surface area contributed by atoms with Crippen molar-refractivity contribution in [3.8, 4) is 6.07 Å². The Kier molecular flexibility index (Phi) is 4.53. The second-order valence-electron chi connectivity index (χ2n) is 4.26. The van der Waals surface area contributed by atoms with Gasteiger partial charge in [-0.15, -0.1) is 0 Å². The van der Waals surface area contributed by atoms with E-state index in [4.69, 9.17) is 15.7 Å². The zero-order valence-electron chi connectivity index (χ0n) is 10.9. The molecule has 1 amide bonds. The third-order valence-electron chi connectivity index (χ3n) is 2.85. The van der Waals surface area contributed by atoms with Crippen LogP contribution in [0.15, 0.2) is 36.4 Å². The Morgan fingerprint density at radius 2 is 2.00 bits per heavy atom. The Morgan fingerprint density at radius 1 is 1.25 bits per heavy atom. The maximum Gasteiger partial charge on any atom is 0.243 e. The molecule has 0 spiro atoms. The van der Waals surface area contributed by atoms with Gasteiger partial charge >= 0.3 is 0 Å². The summed E-state index contributed by atoms with van der Waals surface area (Å²) >= 11 is 0. The van der Waals surface area contributed by atoms with E-state index in [1.54, 1.807) is 6.07 Å². The summed E-state index contributed by atoms with van der Waals surface area (Å²) in [7, 11) is 0. The fourth-order valence-corrected chi connectivity index (χ4v) is 1.98. The predicted molar refractivity (Wildman–Crippen MR) is 77.2 cm³/mol. The summed E-state index contributed by atoms with van der Waals surface area (Å²) in [6, 6.07) is 13.6. The van der Waals surface area contributed by atoms with E-state index in [9.17, 15) is 4.79 Å². The lowest BCUT2D eigenvalue weighted by molar-refractivity contribution is -0.122. The highest BCUT2D eigenvalue weighted by molar-refractivity contribution is 5.97. The van der Waals surface area contributed by atoms with Crippen molar-refractivity contribution in [3.05, 3.63) is 42.0 Å². The van der Waals surface area contributed by atoms with Gasteiger partial charge in [0.05, 0.1) is 18.2 Å². The molecular formula is C15H15N3O2. The molecule has 0 saturated carbocycles. The van der Waals surface area contributed by atoms with Crippen LogP contribution >= 0.6 is 0 Å². The lowest BCUT2D eigenvalue weighted by Crippen LogP contribution is -2.20. The Balaban J connectivity index is 2.08. The fraction of sp³-hybridized carbons (Fsp3) is 0.200. The average molecular weight is 269 g/mol. The predicted octanol–water partition coefficient (Wildman–Crippen LogP) is 1.63. The molecule has 2 rings (SSSR count). The number of anilines is 1. The number of carbonyl (C=O) groups excluding carboxylic acids is 1. The van der Waals surface area contributed by atoms with E-state index in [-0.39, 0.29) is 6.61 Å². The standard InChI is InChI=1S/C15H15N3O2/c16-9-11-5-6-14(13-4-2-1-3-12(11)13)18-7-8-20-10-15(17)19/h1-6,18H,7-8,10H2,(H2,17,19). The van der Waals surface area contributed by atoms with Gasteiger partial charge in [0, 0.05) is 23.0 Å². The van der Waals surface area contributed by atoms with Crippen molar-refractivity contribution < 1.29 is 9.53 Å². The van der Waals surface area contributed by atoms with Gasteiger partial charge in [0.2, 0.25) is 5.91 Å². The SMILES string of the molecule is N#Cc1ccc(NCCOCC(N)=O)c2ccccc12. The first-order valence-corrected chi connectivity index (χ1v) is 6.24. The molecule has 3 N–H and O–H groups in total. The van der Waals surface area contributed by atoms with E-state index < -0.39 is 5.91 Å². The molecule has 5 nitrogen and oxygen atoms in total. The Labute approximate surface area is 116 Å². The van der Waals surface area contributed by atoms with Crippen molar-refractivity contribution in [2.75, 3.05) is 25.1 Å². The number of nitriles is 1. The molecular weight excluding hydrogens is 254 g/mol. The van der Waals surface area contributed by atoms with Crippen LogP contribution in [-0.2, 0) is 9.53 Å². The minimum atomic E-state index is -0.478. The van der Waals surface area contributed by atoms with Crippen LogP contribution in [0.3, 0.4) is 0 Å². The maximum atomic E-state index is 10.5. The second kappa shape index (κ2) is 6.55. The van der Waals surface area contributed by atoms with Crippen molar-refractivity contribution in [2.45, 2.75) is 0 Å². The van der Waals surface area contributed by atoms with Crippen LogP contribution in [-0.4, -0.2) is 25.7 Å². The molecule has 0 heterocycles. The lowest BCUT2D eigenvalue weighted by Gasteiger charge is -2.10. The highest BCUT2D eigenvalue weighted by Gasteiger charge is 2.04. The summed E-state index contributed by atoms with van der Waals surface area (Å²) in [6.07, 6.45) is 0. The number of nitrogens with one attached hydrogen (secondary N) is 1. The number of benzene rings is 2. The minimum absolute atomic E-state index is 0.0736. The number of fused-ring (bicyclic) bond motifs is 1. The number of ether oxygens (including phenoxy) is 1. The molecule has 0 fully saturated rings. The van der Waals surface area contributed by atoms with Gasteiger partial charge in [-0.2, -0.15) is 5.26 Å². The molecule has 0 atom stereocenters. The maximum absolute atomic E-state index is 10.5. The van der Waals surface area contributed by atoms with Crippen LogP contribution in [0.4, 0.5) is 5.69 Å². The third-order valence-corrected chi connectivity index (χ3v) is 2.85. The highest BCUT2D eigenvalue weighted by Crippen LogP contribution is 2.26. The second-order valence-corrected chi connectivity index (χ2v) is 4.26. The van der Waals surface area contributed by atoms with Crippen LogP contribution in [0.1, 0.15) is 5.56 Å². The Hall–Kier alpha value is -2.58. The molecule has 0 bridgehead atoms. The summed E-state index contributed by atoms with van der Waals surface area (Å²) in [5.74, 6) is -0.478. The first-order chi connectivity index (χ1) is 9.72. The number of nitrogens with zero attached hydrogens (tertiary/aromatic N) is 1. The topological polar surface area (TPSA) is 88.1 Å². The quantitative estimate of drug-likeness (QED) is 0.780. The van der Waals surface area contributed by atoms with E-state index in [1.165, 1.54) is 0 Å². The fourth-order valence-electron chi connectivity index (χ4n) is 1.98. The van der Waals surface area contributed by atoms with Gasteiger partial charge < -0.3 is 15.8 Å². The van der Waals surface area contributed by atoms with E-state index in [0.717, 1.165) is 16.5 Å². The summed E-state index contributed by atoms with van der Waals surface area (Å²) in [5.41, 5.74) is 6.56. The third kappa shape index (κ3) is 3.25. The smallest absolute Gasteiger partial charge is 0.243 e. The van der Waals surface area contributed by atoms with Gasteiger partial charge in [-0.05, 0) is 12.1 Å². The molecule has 20 heavy (non-hydrogen) atoms. The Bertz CT molecular complexity index is 662. The van der Waals surface area contributed by atoms with Crippen LogP contribution in [0.5, 0.6) is 0 Å². The van der Waals surface area contributed by atoms with Crippen LogP contribution in [0.25, 0.3) is 10.8 Å². The highest BCUT2D eigenvalue weighted by atomic mass is 16.5. The van der Waals surface area contributed by atoms with Gasteiger partial charge in [0.15, 0.2) is 0 Å². The summed E-state index contributed by atoms with van der Waals surface area (Å²) in [4.78, 5) is 10.5. The zero-order valence-corrected chi connectivity index (χ0v) is 10.9. The van der Waals surface area contributed by atoms with Crippen molar-refractivity contribution in [1.29, 1.82) is 5.26 Å². The monoisotopic (exact) mass is 269 g/mol.